The van der Waals surface area contributed by atoms with Crippen molar-refractivity contribution in [3.8, 4) is 17.2 Å². The number of fused-ring (bicyclic) bond motifs is 5. The second kappa shape index (κ2) is 6.84. The van der Waals surface area contributed by atoms with E-state index in [1.165, 1.54) is 6.26 Å². The number of nitrogens with zero attached hydrogens (tertiary/aromatic N) is 1. The molecule has 1 aromatic heterocycles. The molecule has 6 nitrogen and oxygen atoms in total. The molecule has 6 rings (SSSR count). The largest absolute Gasteiger partial charge is 0.491 e. The van der Waals surface area contributed by atoms with E-state index in [4.69, 9.17) is 14.2 Å². The molecule has 1 unspecified atom stereocenters. The van der Waals surface area contributed by atoms with E-state index in [0.717, 1.165) is 33.8 Å². The van der Waals surface area contributed by atoms with Gasteiger partial charge in [0, 0.05) is 30.5 Å². The van der Waals surface area contributed by atoms with Gasteiger partial charge in [0.1, 0.15) is 25.6 Å². The van der Waals surface area contributed by atoms with E-state index in [0.29, 0.717) is 37.7 Å². The molecule has 7 heteroatoms. The van der Waals surface area contributed by atoms with Crippen LogP contribution in [0.15, 0.2) is 65.7 Å². The Morgan fingerprint density at radius 3 is 2.53 bits per heavy atom. The van der Waals surface area contributed by atoms with Gasteiger partial charge in [-0.15, -0.1) is 0 Å². The predicted octanol–water partition coefficient (Wildman–Crippen LogP) is 3.57. The highest BCUT2D eigenvalue weighted by Crippen LogP contribution is 2.54. The van der Waals surface area contributed by atoms with Crippen LogP contribution in [-0.4, -0.2) is 39.5 Å². The lowest BCUT2D eigenvalue weighted by Gasteiger charge is -2.24. The van der Waals surface area contributed by atoms with Crippen molar-refractivity contribution in [2.24, 2.45) is 0 Å². The lowest BCUT2D eigenvalue weighted by Crippen LogP contribution is -2.25. The molecule has 0 amide bonds. The average molecular weight is 448 g/mol. The van der Waals surface area contributed by atoms with Gasteiger partial charge in [0.25, 0.3) is 0 Å². The number of allylic oxidation sites excluding steroid dienone is 1. The Morgan fingerprint density at radius 1 is 0.938 bits per heavy atom. The van der Waals surface area contributed by atoms with Crippen molar-refractivity contribution in [2.45, 2.75) is 16.7 Å². The van der Waals surface area contributed by atoms with Crippen LogP contribution in [0.2, 0.25) is 0 Å². The van der Waals surface area contributed by atoms with Gasteiger partial charge in [-0.3, -0.25) is 4.98 Å². The van der Waals surface area contributed by atoms with Crippen molar-refractivity contribution in [2.75, 3.05) is 26.1 Å². The summed E-state index contributed by atoms with van der Waals surface area (Å²) >= 11 is 0. The molecule has 2 aliphatic heterocycles. The maximum Gasteiger partial charge on any atom is 0.177 e. The summed E-state index contributed by atoms with van der Waals surface area (Å²) < 4.78 is 42.3. The maximum atomic E-state index is 12.3. The van der Waals surface area contributed by atoms with Crippen LogP contribution in [0, 0.1) is 0 Å². The van der Waals surface area contributed by atoms with Crippen molar-refractivity contribution in [1.82, 2.24) is 4.98 Å². The third-order valence-corrected chi connectivity index (χ3v) is 7.53. The Balaban J connectivity index is 1.50. The second-order valence-corrected chi connectivity index (χ2v) is 10.3. The van der Waals surface area contributed by atoms with Gasteiger partial charge in [0.15, 0.2) is 21.3 Å². The first-order valence-corrected chi connectivity index (χ1v) is 12.4. The van der Waals surface area contributed by atoms with Gasteiger partial charge in [0.05, 0.1) is 16.0 Å². The van der Waals surface area contributed by atoms with E-state index in [-0.39, 0.29) is 4.90 Å². The van der Waals surface area contributed by atoms with Gasteiger partial charge in [-0.1, -0.05) is 30.3 Å². The number of aromatic nitrogens is 1. The maximum absolute atomic E-state index is 12.3. The Kier molecular flexibility index (Phi) is 4.14. The Bertz CT molecular complexity index is 1400. The summed E-state index contributed by atoms with van der Waals surface area (Å²) in [6.07, 6.45) is 5.49. The zero-order valence-corrected chi connectivity index (χ0v) is 18.3. The number of benzene rings is 2. The molecule has 32 heavy (non-hydrogen) atoms. The van der Waals surface area contributed by atoms with Gasteiger partial charge in [0.2, 0.25) is 0 Å². The number of pyridine rings is 1. The van der Waals surface area contributed by atoms with Crippen LogP contribution >= 0.6 is 0 Å². The van der Waals surface area contributed by atoms with Gasteiger partial charge in [-0.2, -0.15) is 0 Å². The highest BCUT2D eigenvalue weighted by atomic mass is 32.2. The van der Waals surface area contributed by atoms with Gasteiger partial charge in [-0.25, -0.2) is 8.42 Å². The van der Waals surface area contributed by atoms with Crippen LogP contribution in [0.3, 0.4) is 0 Å². The van der Waals surface area contributed by atoms with Crippen molar-refractivity contribution >= 4 is 15.4 Å². The van der Waals surface area contributed by atoms with Crippen LogP contribution in [0.4, 0.5) is 0 Å². The molecule has 3 aliphatic rings. The average Bonchev–Trinajstić information content (AvgIpc) is 3.30. The molecule has 0 saturated carbocycles. The quantitative estimate of drug-likeness (QED) is 0.611. The number of rotatable bonds is 3. The minimum absolute atomic E-state index is 0.266. The zero-order valence-electron chi connectivity index (χ0n) is 17.5. The molecule has 0 bridgehead atoms. The molecule has 0 N–H and O–H groups in total. The molecule has 3 aromatic rings. The molecule has 162 valence electrons. The molecule has 1 aliphatic carbocycles. The second-order valence-electron chi connectivity index (χ2n) is 8.36. The lowest BCUT2D eigenvalue weighted by molar-refractivity contribution is 0.171. The molecule has 2 aromatic carbocycles. The topological polar surface area (TPSA) is 74.7 Å². The first-order chi connectivity index (χ1) is 15.5. The summed E-state index contributed by atoms with van der Waals surface area (Å²) in [5, 5.41) is 0. The molecule has 1 spiro atoms. The number of hydrogen-bond donors (Lipinski definition) is 0. The van der Waals surface area contributed by atoms with Crippen molar-refractivity contribution in [1.29, 1.82) is 0 Å². The van der Waals surface area contributed by atoms with Crippen LogP contribution in [0.25, 0.3) is 5.57 Å². The smallest absolute Gasteiger partial charge is 0.177 e. The SMILES string of the molecule is CS(=O)(=O)c1cccnc1CC1=CC2(COc3cc4c(cc32)OCCO4)c2ccccc21. The summed E-state index contributed by atoms with van der Waals surface area (Å²) in [5.74, 6) is 2.22. The van der Waals surface area contributed by atoms with E-state index in [9.17, 15) is 8.42 Å². The fourth-order valence-electron chi connectivity index (χ4n) is 4.98. The van der Waals surface area contributed by atoms with Crippen LogP contribution in [0.5, 0.6) is 17.2 Å². The van der Waals surface area contributed by atoms with Crippen LogP contribution in [-0.2, 0) is 21.7 Å². The van der Waals surface area contributed by atoms with Gasteiger partial charge in [-0.05, 0) is 34.9 Å². The van der Waals surface area contributed by atoms with Crippen molar-refractivity contribution < 1.29 is 22.6 Å². The third-order valence-electron chi connectivity index (χ3n) is 6.36. The first-order valence-electron chi connectivity index (χ1n) is 10.5. The molecule has 0 saturated heterocycles. The Labute approximate surface area is 186 Å². The molecule has 1 atom stereocenters. The zero-order chi connectivity index (χ0) is 21.9. The molecular formula is C25H21NO5S. The molecule has 0 radical (unpaired) electrons. The molecule has 0 fully saturated rings. The first kappa shape index (κ1) is 19.4. The monoisotopic (exact) mass is 447 g/mol. The summed E-state index contributed by atoms with van der Waals surface area (Å²) in [7, 11) is -3.38. The third kappa shape index (κ3) is 2.84. The fraction of sp³-hybridized carbons (Fsp3) is 0.240. The van der Waals surface area contributed by atoms with E-state index in [2.05, 4.69) is 23.2 Å². The Hall–Kier alpha value is -3.32. The number of ether oxygens (including phenoxy) is 3. The van der Waals surface area contributed by atoms with Gasteiger partial charge >= 0.3 is 0 Å². The van der Waals surface area contributed by atoms with E-state index in [1.54, 1.807) is 18.3 Å². The predicted molar refractivity (Wildman–Crippen MR) is 119 cm³/mol. The van der Waals surface area contributed by atoms with Crippen molar-refractivity contribution in [3.05, 3.63) is 83.2 Å². The standard InChI is InChI=1S/C25H21NO5S/c1-32(27,28)24-7-4-8-26-20(24)11-16-14-25(18-6-3-2-5-17(16)18)15-31-21-13-23-22(12-19(21)25)29-9-10-30-23/h2-8,12-14H,9-11,15H2,1H3. The van der Waals surface area contributed by atoms with Gasteiger partial charge < -0.3 is 14.2 Å². The molecule has 3 heterocycles. The summed E-state index contributed by atoms with van der Waals surface area (Å²) in [4.78, 5) is 4.68. The minimum Gasteiger partial charge on any atom is -0.491 e. The van der Waals surface area contributed by atoms with E-state index >= 15 is 0 Å². The van der Waals surface area contributed by atoms with E-state index < -0.39 is 15.3 Å². The molecular weight excluding hydrogens is 426 g/mol. The summed E-state index contributed by atoms with van der Waals surface area (Å²) in [6, 6.07) is 15.4. The minimum atomic E-state index is -3.38. The number of hydrogen-bond acceptors (Lipinski definition) is 6. The van der Waals surface area contributed by atoms with Crippen molar-refractivity contribution in [3.63, 3.8) is 0 Å². The lowest BCUT2D eigenvalue weighted by atomic mass is 9.78. The normalized spacial score (nSPS) is 20.5. The Morgan fingerprint density at radius 2 is 1.72 bits per heavy atom. The summed E-state index contributed by atoms with van der Waals surface area (Å²) in [5.41, 5.74) is 4.39. The fourth-order valence-corrected chi connectivity index (χ4v) is 5.85. The summed E-state index contributed by atoms with van der Waals surface area (Å²) in [6.45, 7) is 1.51. The van der Waals surface area contributed by atoms with E-state index in [1.807, 2.05) is 24.3 Å². The van der Waals surface area contributed by atoms with Crippen LogP contribution in [0.1, 0.15) is 22.4 Å². The highest BCUT2D eigenvalue weighted by molar-refractivity contribution is 7.90. The number of sulfone groups is 1. The van der Waals surface area contributed by atoms with Crippen LogP contribution < -0.4 is 14.2 Å². The highest BCUT2D eigenvalue weighted by Gasteiger charge is 2.47.